The summed E-state index contributed by atoms with van der Waals surface area (Å²) in [5.74, 6) is 1.50. The number of nitrogens with zero attached hydrogens (tertiary/aromatic N) is 1. The van der Waals surface area contributed by atoms with Crippen LogP contribution in [-0.2, 0) is 0 Å². The van der Waals surface area contributed by atoms with Crippen LogP contribution in [0.25, 0.3) is 11.1 Å². The molecule has 19 heavy (non-hydrogen) atoms. The Balaban J connectivity index is 2.12. The molecule has 2 aromatic carbocycles. The molecule has 0 saturated heterocycles. The van der Waals surface area contributed by atoms with Crippen molar-refractivity contribution in [1.82, 2.24) is 0 Å². The molecule has 1 unspecified atom stereocenters. The zero-order valence-corrected chi connectivity index (χ0v) is 10.9. The van der Waals surface area contributed by atoms with Crippen molar-refractivity contribution in [3.63, 3.8) is 0 Å². The number of benzene rings is 2. The predicted molar refractivity (Wildman–Crippen MR) is 75.1 cm³/mol. The lowest BCUT2D eigenvalue weighted by atomic mass is 9.91. The average Bonchev–Trinajstić information content (AvgIpc) is 2.47. The van der Waals surface area contributed by atoms with Gasteiger partial charge in [-0.3, -0.25) is 0 Å². The van der Waals surface area contributed by atoms with Crippen LogP contribution in [0.3, 0.4) is 0 Å². The van der Waals surface area contributed by atoms with Gasteiger partial charge < -0.3 is 4.74 Å². The molecule has 3 rings (SSSR count). The molecule has 0 amide bonds. The first-order valence-electron chi connectivity index (χ1n) is 6.56. The number of hydrogen-bond acceptors (Lipinski definition) is 2. The highest BCUT2D eigenvalue weighted by Crippen LogP contribution is 2.36. The average molecular weight is 249 g/mol. The number of hydrogen-bond donors (Lipinski definition) is 0. The molecule has 1 atom stereocenters. The third kappa shape index (κ3) is 2.08. The van der Waals surface area contributed by atoms with Crippen molar-refractivity contribution in [2.24, 2.45) is 0 Å². The van der Waals surface area contributed by atoms with E-state index in [-0.39, 0.29) is 0 Å². The van der Waals surface area contributed by atoms with Gasteiger partial charge >= 0.3 is 0 Å². The van der Waals surface area contributed by atoms with E-state index in [0.29, 0.717) is 11.5 Å². The summed E-state index contributed by atoms with van der Waals surface area (Å²) in [6.45, 7) is 3.02. The molecule has 0 bridgehead atoms. The monoisotopic (exact) mass is 249 g/mol. The van der Waals surface area contributed by atoms with Crippen LogP contribution in [0.2, 0.25) is 0 Å². The molecule has 0 aliphatic carbocycles. The van der Waals surface area contributed by atoms with Crippen LogP contribution in [0.4, 0.5) is 0 Å². The first kappa shape index (κ1) is 11.8. The summed E-state index contributed by atoms with van der Waals surface area (Å²) in [6.07, 6.45) is 1.05. The minimum absolute atomic E-state index is 0.512. The lowest BCUT2D eigenvalue weighted by molar-refractivity contribution is 0.272. The van der Waals surface area contributed by atoms with Crippen LogP contribution in [0.1, 0.15) is 30.4 Å². The minimum atomic E-state index is 0.512. The van der Waals surface area contributed by atoms with Gasteiger partial charge in [0.1, 0.15) is 5.75 Å². The fourth-order valence-electron chi connectivity index (χ4n) is 2.57. The molecule has 0 radical (unpaired) electrons. The van der Waals surface area contributed by atoms with Crippen molar-refractivity contribution in [1.29, 1.82) is 5.26 Å². The minimum Gasteiger partial charge on any atom is -0.493 e. The van der Waals surface area contributed by atoms with Crippen LogP contribution in [0.15, 0.2) is 42.5 Å². The van der Waals surface area contributed by atoms with Crippen LogP contribution in [0.5, 0.6) is 5.75 Å². The van der Waals surface area contributed by atoms with Crippen molar-refractivity contribution in [2.75, 3.05) is 6.61 Å². The first-order chi connectivity index (χ1) is 9.29. The summed E-state index contributed by atoms with van der Waals surface area (Å²) in [5, 5.41) is 9.20. The molecule has 1 aliphatic rings. The Morgan fingerprint density at radius 1 is 1.21 bits per heavy atom. The standard InChI is InChI=1S/C17H15NO/c1-12-8-9-19-17-7-6-13(10-16(12)17)15-5-3-2-4-14(15)11-18/h2-7,10,12H,8-9H2,1H3. The maximum Gasteiger partial charge on any atom is 0.122 e. The third-order valence-corrected chi connectivity index (χ3v) is 3.71. The summed E-state index contributed by atoms with van der Waals surface area (Å²) in [5.41, 5.74) is 4.04. The van der Waals surface area contributed by atoms with Crippen molar-refractivity contribution in [3.8, 4) is 22.9 Å². The topological polar surface area (TPSA) is 33.0 Å². The van der Waals surface area contributed by atoms with Crippen molar-refractivity contribution in [3.05, 3.63) is 53.6 Å². The summed E-state index contributed by atoms with van der Waals surface area (Å²) >= 11 is 0. The van der Waals surface area contributed by atoms with Gasteiger partial charge in [0.2, 0.25) is 0 Å². The van der Waals surface area contributed by atoms with E-state index in [0.717, 1.165) is 29.9 Å². The van der Waals surface area contributed by atoms with Crippen LogP contribution in [-0.4, -0.2) is 6.61 Å². The van der Waals surface area contributed by atoms with E-state index in [2.05, 4.69) is 19.1 Å². The third-order valence-electron chi connectivity index (χ3n) is 3.71. The Kier molecular flexibility index (Phi) is 2.97. The molecule has 0 N–H and O–H groups in total. The molecule has 0 fully saturated rings. The molecule has 1 heterocycles. The molecule has 0 spiro atoms. The van der Waals surface area contributed by atoms with E-state index in [1.54, 1.807) is 0 Å². The molecule has 0 saturated carbocycles. The van der Waals surface area contributed by atoms with Gasteiger partial charge in [-0.1, -0.05) is 31.2 Å². The molecule has 1 aliphatic heterocycles. The smallest absolute Gasteiger partial charge is 0.122 e. The van der Waals surface area contributed by atoms with Gasteiger partial charge in [-0.05, 0) is 47.2 Å². The highest BCUT2D eigenvalue weighted by atomic mass is 16.5. The van der Waals surface area contributed by atoms with Crippen LogP contribution < -0.4 is 4.74 Å². The lowest BCUT2D eigenvalue weighted by Gasteiger charge is -2.23. The zero-order valence-electron chi connectivity index (χ0n) is 10.9. The van der Waals surface area contributed by atoms with Crippen molar-refractivity contribution < 1.29 is 4.74 Å². The molecule has 0 aromatic heterocycles. The number of rotatable bonds is 1. The number of nitriles is 1. The highest BCUT2D eigenvalue weighted by Gasteiger charge is 2.18. The molecule has 94 valence electrons. The van der Waals surface area contributed by atoms with E-state index in [1.807, 2.05) is 36.4 Å². The van der Waals surface area contributed by atoms with Crippen molar-refractivity contribution >= 4 is 0 Å². The Labute approximate surface area is 113 Å². The molecule has 2 aromatic rings. The van der Waals surface area contributed by atoms with E-state index in [9.17, 15) is 5.26 Å². The van der Waals surface area contributed by atoms with Gasteiger partial charge in [-0.15, -0.1) is 0 Å². The Hall–Kier alpha value is -2.27. The van der Waals surface area contributed by atoms with E-state index >= 15 is 0 Å². The fourth-order valence-corrected chi connectivity index (χ4v) is 2.57. The van der Waals surface area contributed by atoms with Crippen LogP contribution in [0, 0.1) is 11.3 Å². The normalized spacial score (nSPS) is 17.2. The Morgan fingerprint density at radius 2 is 2.05 bits per heavy atom. The number of ether oxygens (including phenoxy) is 1. The molecular weight excluding hydrogens is 234 g/mol. The number of fused-ring (bicyclic) bond motifs is 1. The van der Waals surface area contributed by atoms with Gasteiger partial charge in [-0.2, -0.15) is 5.26 Å². The van der Waals surface area contributed by atoms with Gasteiger partial charge in [0.15, 0.2) is 0 Å². The molecule has 2 nitrogen and oxygen atoms in total. The highest BCUT2D eigenvalue weighted by molar-refractivity contribution is 5.72. The zero-order chi connectivity index (χ0) is 13.2. The largest absolute Gasteiger partial charge is 0.493 e. The lowest BCUT2D eigenvalue weighted by Crippen LogP contribution is -2.11. The Morgan fingerprint density at radius 3 is 2.89 bits per heavy atom. The van der Waals surface area contributed by atoms with Gasteiger partial charge in [0.05, 0.1) is 18.2 Å². The van der Waals surface area contributed by atoms with Crippen LogP contribution >= 0.6 is 0 Å². The van der Waals surface area contributed by atoms with Gasteiger partial charge in [-0.25, -0.2) is 0 Å². The maximum absolute atomic E-state index is 9.20. The second-order valence-electron chi connectivity index (χ2n) is 4.95. The SMILES string of the molecule is CC1CCOc2ccc(-c3ccccc3C#N)cc21. The molecular formula is C17H15NO. The predicted octanol–water partition coefficient (Wildman–Crippen LogP) is 4.11. The van der Waals surface area contributed by atoms with Gasteiger partial charge in [0, 0.05) is 0 Å². The van der Waals surface area contributed by atoms with Gasteiger partial charge in [0.25, 0.3) is 0 Å². The summed E-state index contributed by atoms with van der Waals surface area (Å²) < 4.78 is 5.68. The maximum atomic E-state index is 9.20. The summed E-state index contributed by atoms with van der Waals surface area (Å²) in [7, 11) is 0. The second kappa shape index (κ2) is 4.78. The fraction of sp³-hybridized carbons (Fsp3) is 0.235. The van der Waals surface area contributed by atoms with E-state index in [4.69, 9.17) is 4.74 Å². The van der Waals surface area contributed by atoms with E-state index < -0.39 is 0 Å². The summed E-state index contributed by atoms with van der Waals surface area (Å²) in [6, 6.07) is 16.2. The van der Waals surface area contributed by atoms with E-state index in [1.165, 1.54) is 5.56 Å². The summed E-state index contributed by atoms with van der Waals surface area (Å²) in [4.78, 5) is 0. The Bertz CT molecular complexity index is 655. The second-order valence-corrected chi connectivity index (χ2v) is 4.95. The first-order valence-corrected chi connectivity index (χ1v) is 6.56. The van der Waals surface area contributed by atoms with Crippen molar-refractivity contribution in [2.45, 2.75) is 19.3 Å². The molecule has 2 heteroatoms. The quantitative estimate of drug-likeness (QED) is 0.762.